The number of tetrazole rings is 1. The Hall–Kier alpha value is -4.24. The number of sulfonamides is 1. The average Bonchev–Trinajstić information content (AvgIpc) is 3.51. The van der Waals surface area contributed by atoms with E-state index in [4.69, 9.17) is 9.47 Å². The summed E-state index contributed by atoms with van der Waals surface area (Å²) in [7, 11) is -4.10. The van der Waals surface area contributed by atoms with E-state index in [-0.39, 0.29) is 57.1 Å². The first kappa shape index (κ1) is 45.8. The van der Waals surface area contributed by atoms with Crippen molar-refractivity contribution in [2.75, 3.05) is 38.7 Å². The largest absolute Gasteiger partial charge is 0.480 e. The van der Waals surface area contributed by atoms with E-state index in [9.17, 15) is 47.4 Å². The molecule has 1 aromatic heterocycles. The van der Waals surface area contributed by atoms with Crippen LogP contribution in [0.15, 0.2) is 0 Å². The van der Waals surface area contributed by atoms with Crippen LogP contribution in [0.4, 0.5) is 0 Å². The van der Waals surface area contributed by atoms with Crippen molar-refractivity contribution in [1.29, 1.82) is 0 Å². The topological polar surface area (TPSA) is 298 Å². The Morgan fingerprint density at radius 1 is 0.808 bits per heavy atom. The molecular weight excluding hydrogens is 708 g/mol. The summed E-state index contributed by atoms with van der Waals surface area (Å²) < 4.78 is 37.5. The van der Waals surface area contributed by atoms with E-state index in [2.05, 4.69) is 36.6 Å². The summed E-state index contributed by atoms with van der Waals surface area (Å²) in [4.78, 5) is 72.8. The molecule has 0 aliphatic rings. The molecule has 0 radical (unpaired) electrons. The molecule has 21 heteroatoms. The van der Waals surface area contributed by atoms with E-state index < -0.39 is 75.3 Å². The molecule has 7 N–H and O–H groups in total. The number of hydrogen-bond acceptors (Lipinski definition) is 13. The zero-order valence-electron chi connectivity index (χ0n) is 30.5. The van der Waals surface area contributed by atoms with E-state index in [0.717, 1.165) is 0 Å². The van der Waals surface area contributed by atoms with Gasteiger partial charge in [-0.05, 0) is 53.9 Å². The maximum Gasteiger partial charge on any atom is 0.326 e. The number of aliphatic carboxylic acids is 2. The first-order chi connectivity index (χ1) is 24.2. The normalized spacial score (nSPS) is 13.1. The van der Waals surface area contributed by atoms with Crippen molar-refractivity contribution in [2.45, 2.75) is 104 Å². The smallest absolute Gasteiger partial charge is 0.326 e. The van der Waals surface area contributed by atoms with E-state index in [0.29, 0.717) is 38.5 Å². The second-order valence-electron chi connectivity index (χ2n) is 13.8. The molecular formula is C31H54N8O12S. The van der Waals surface area contributed by atoms with Gasteiger partial charge in [-0.2, -0.15) is 0 Å². The van der Waals surface area contributed by atoms with Crippen LogP contribution in [0.5, 0.6) is 0 Å². The number of H-pyrrole nitrogens is 1. The van der Waals surface area contributed by atoms with Gasteiger partial charge in [0.25, 0.3) is 0 Å². The van der Waals surface area contributed by atoms with Gasteiger partial charge in [0.1, 0.15) is 17.9 Å². The third-order valence-corrected chi connectivity index (χ3v) is 8.81. The van der Waals surface area contributed by atoms with E-state index in [1.807, 2.05) is 39.3 Å². The predicted molar refractivity (Wildman–Crippen MR) is 184 cm³/mol. The molecule has 0 bridgehead atoms. The number of hydrogen-bond donors (Lipinski definition) is 7. The lowest BCUT2D eigenvalue weighted by Gasteiger charge is -2.34. The SMILES string of the molecule is CCOCCOCCNC(=O)CCC(NC(=O)CCC(NC(=O)CCCS(=O)(=O)NC(=O)CC(C)(C)CC(C)(C)Cc1nnn[nH]1)C(=O)O)C(=O)O. The van der Waals surface area contributed by atoms with Crippen LogP contribution in [0.1, 0.15) is 91.8 Å². The second kappa shape index (κ2) is 22.6. The van der Waals surface area contributed by atoms with Crippen molar-refractivity contribution in [3.8, 4) is 0 Å². The van der Waals surface area contributed by atoms with Crippen molar-refractivity contribution in [3.63, 3.8) is 0 Å². The summed E-state index contributed by atoms with van der Waals surface area (Å²) in [5.74, 6) is -5.60. The lowest BCUT2D eigenvalue weighted by atomic mass is 9.71. The maximum absolute atomic E-state index is 12.6. The fraction of sp³-hybridized carbons (Fsp3) is 0.774. The highest BCUT2D eigenvalue weighted by atomic mass is 32.2. The number of aromatic amines is 1. The van der Waals surface area contributed by atoms with Crippen LogP contribution in [0.3, 0.4) is 0 Å². The predicted octanol–water partition coefficient (Wildman–Crippen LogP) is -0.330. The summed E-state index contributed by atoms with van der Waals surface area (Å²) in [6.07, 6.45) is -0.914. The van der Waals surface area contributed by atoms with Gasteiger partial charge in [-0.3, -0.25) is 23.9 Å². The number of carboxylic acids is 2. The maximum atomic E-state index is 12.6. The van der Waals surface area contributed by atoms with Crippen LogP contribution in [-0.2, 0) is 54.7 Å². The molecule has 0 aliphatic carbocycles. The lowest BCUT2D eigenvalue weighted by Crippen LogP contribution is -2.44. The zero-order chi connectivity index (χ0) is 39.4. The summed E-state index contributed by atoms with van der Waals surface area (Å²) in [6.45, 7) is 11.3. The fourth-order valence-electron chi connectivity index (χ4n) is 5.56. The number of nitrogens with one attached hydrogen (secondary N) is 5. The summed E-state index contributed by atoms with van der Waals surface area (Å²) in [6, 6.07) is -2.94. The zero-order valence-corrected chi connectivity index (χ0v) is 31.3. The van der Waals surface area contributed by atoms with Crippen molar-refractivity contribution in [3.05, 3.63) is 5.82 Å². The first-order valence-electron chi connectivity index (χ1n) is 17.0. The Kier molecular flexibility index (Phi) is 19.9. The fourth-order valence-corrected chi connectivity index (χ4v) is 6.60. The Balaban J connectivity index is 2.46. The van der Waals surface area contributed by atoms with Gasteiger partial charge in [-0.1, -0.05) is 27.7 Å². The molecule has 52 heavy (non-hydrogen) atoms. The van der Waals surface area contributed by atoms with E-state index >= 15 is 0 Å². The lowest BCUT2D eigenvalue weighted by molar-refractivity contribution is -0.143. The van der Waals surface area contributed by atoms with Crippen LogP contribution in [-0.4, -0.2) is 126 Å². The number of nitrogens with zero attached hydrogens (tertiary/aromatic N) is 3. The third kappa shape index (κ3) is 21.2. The number of carbonyl (C=O) groups is 6. The van der Waals surface area contributed by atoms with Crippen molar-refractivity contribution < 1.29 is 56.9 Å². The van der Waals surface area contributed by atoms with Crippen LogP contribution >= 0.6 is 0 Å². The number of carboxylic acid groups (broad SMARTS) is 2. The minimum atomic E-state index is -4.10. The number of aromatic nitrogens is 4. The van der Waals surface area contributed by atoms with Crippen molar-refractivity contribution in [1.82, 2.24) is 41.3 Å². The van der Waals surface area contributed by atoms with Crippen molar-refractivity contribution >= 4 is 45.6 Å². The molecule has 0 fully saturated rings. The van der Waals surface area contributed by atoms with Crippen molar-refractivity contribution in [2.24, 2.45) is 10.8 Å². The first-order valence-corrected chi connectivity index (χ1v) is 18.6. The number of rotatable bonds is 28. The Bertz CT molecular complexity index is 1420. The molecule has 1 rings (SSSR count). The van der Waals surface area contributed by atoms with Gasteiger partial charge in [0.2, 0.25) is 33.7 Å². The van der Waals surface area contributed by atoms with Gasteiger partial charge in [0.15, 0.2) is 0 Å². The molecule has 0 saturated heterocycles. The second-order valence-corrected chi connectivity index (χ2v) is 15.6. The van der Waals surface area contributed by atoms with Crippen LogP contribution < -0.4 is 20.7 Å². The Morgan fingerprint density at radius 3 is 1.94 bits per heavy atom. The molecule has 0 spiro atoms. The monoisotopic (exact) mass is 762 g/mol. The van der Waals surface area contributed by atoms with Gasteiger partial charge < -0.3 is 35.6 Å². The molecule has 0 aliphatic heterocycles. The van der Waals surface area contributed by atoms with Gasteiger partial charge in [-0.15, -0.1) is 5.10 Å². The number of amides is 4. The molecule has 2 atom stereocenters. The molecule has 20 nitrogen and oxygen atoms in total. The van der Waals surface area contributed by atoms with Gasteiger partial charge in [-0.25, -0.2) is 23.1 Å². The highest BCUT2D eigenvalue weighted by Gasteiger charge is 2.33. The molecule has 0 aromatic carbocycles. The average molecular weight is 763 g/mol. The standard InChI is InChI=1S/C31H54N8O12S/c1-6-50-15-16-51-14-13-32-24(40)11-9-21(28(44)45)34-26(42)12-10-22(29(46)47)33-25(41)8-7-17-52(48,49)37-27(43)19-31(4,5)20-30(2,3)18-23-35-38-39-36-23/h21-22H,6-20H2,1-5H3,(H,32,40)(H,33,41)(H,34,42)(H,37,43)(H,44,45)(H,46,47)(H,35,36,38,39). The quantitative estimate of drug-likeness (QED) is 0.0538. The molecule has 1 aromatic rings. The molecule has 4 amide bonds. The molecule has 1 heterocycles. The Morgan fingerprint density at radius 2 is 1.38 bits per heavy atom. The number of carbonyl (C=O) groups excluding carboxylic acids is 4. The highest BCUT2D eigenvalue weighted by Crippen LogP contribution is 2.37. The van der Waals surface area contributed by atoms with Gasteiger partial charge in [0.05, 0.1) is 25.6 Å². The van der Waals surface area contributed by atoms with E-state index in [1.165, 1.54) is 0 Å². The third-order valence-electron chi connectivity index (χ3n) is 7.45. The minimum absolute atomic E-state index is 0.0901. The number of ether oxygens (including phenoxy) is 2. The molecule has 0 saturated carbocycles. The minimum Gasteiger partial charge on any atom is -0.480 e. The van der Waals surface area contributed by atoms with E-state index in [1.54, 1.807) is 0 Å². The Labute approximate surface area is 303 Å². The molecule has 296 valence electrons. The summed E-state index contributed by atoms with van der Waals surface area (Å²) in [5.41, 5.74) is -0.889. The van der Waals surface area contributed by atoms with Crippen LogP contribution in [0.2, 0.25) is 0 Å². The van der Waals surface area contributed by atoms with Crippen LogP contribution in [0, 0.1) is 10.8 Å². The summed E-state index contributed by atoms with van der Waals surface area (Å²) >= 11 is 0. The molecule has 2 unspecified atom stereocenters. The van der Waals surface area contributed by atoms with Gasteiger partial charge in [0, 0.05) is 45.3 Å². The summed E-state index contributed by atoms with van der Waals surface area (Å²) in [5, 5.41) is 39.7. The van der Waals surface area contributed by atoms with Gasteiger partial charge >= 0.3 is 11.9 Å². The highest BCUT2D eigenvalue weighted by molar-refractivity contribution is 7.90. The van der Waals surface area contributed by atoms with Crippen LogP contribution in [0.25, 0.3) is 0 Å².